The van der Waals surface area contributed by atoms with Gasteiger partial charge in [-0.1, -0.05) is 12.8 Å². The summed E-state index contributed by atoms with van der Waals surface area (Å²) in [5, 5.41) is 15.6. The van der Waals surface area contributed by atoms with Crippen LogP contribution >= 0.6 is 0 Å². The third-order valence-electron chi connectivity index (χ3n) is 6.35. The van der Waals surface area contributed by atoms with Crippen LogP contribution in [0, 0.1) is 17.2 Å². The number of nitriles is 1. The smallest absolute Gasteiger partial charge is 0.141 e. The summed E-state index contributed by atoms with van der Waals surface area (Å²) in [5.41, 5.74) is 5.44. The van der Waals surface area contributed by atoms with E-state index in [0.29, 0.717) is 12.3 Å². The van der Waals surface area contributed by atoms with Crippen LogP contribution < -0.4 is 0 Å². The first kappa shape index (κ1) is 16.5. The lowest BCUT2D eigenvalue weighted by Crippen LogP contribution is -2.21. The highest BCUT2D eigenvalue weighted by atomic mass is 15.3. The SMILES string of the molecule is N#CCC(C1CCCC1)n1nc(-c2ncnc3[nH]ccc23)c2c1CCCC2. The first-order valence-corrected chi connectivity index (χ1v) is 10.1. The molecule has 27 heavy (non-hydrogen) atoms. The van der Waals surface area contributed by atoms with Gasteiger partial charge in [0.15, 0.2) is 0 Å². The van der Waals surface area contributed by atoms with Crippen LogP contribution in [0.5, 0.6) is 0 Å². The van der Waals surface area contributed by atoms with Crippen LogP contribution in [0.4, 0.5) is 0 Å². The van der Waals surface area contributed by atoms with Gasteiger partial charge < -0.3 is 4.98 Å². The molecule has 1 unspecified atom stereocenters. The Morgan fingerprint density at radius 3 is 2.85 bits per heavy atom. The van der Waals surface area contributed by atoms with Crippen molar-refractivity contribution in [3.63, 3.8) is 0 Å². The average molecular weight is 360 g/mol. The minimum absolute atomic E-state index is 0.196. The van der Waals surface area contributed by atoms with Crippen LogP contribution in [0.2, 0.25) is 0 Å². The number of nitrogens with one attached hydrogen (secondary N) is 1. The molecule has 1 saturated carbocycles. The number of aromatic amines is 1. The summed E-state index contributed by atoms with van der Waals surface area (Å²) in [4.78, 5) is 12.1. The zero-order valence-corrected chi connectivity index (χ0v) is 15.5. The molecule has 2 aliphatic carbocycles. The van der Waals surface area contributed by atoms with E-state index < -0.39 is 0 Å². The molecule has 3 heterocycles. The number of hydrogen-bond donors (Lipinski definition) is 1. The van der Waals surface area contributed by atoms with Crippen LogP contribution in [0.25, 0.3) is 22.4 Å². The van der Waals surface area contributed by atoms with E-state index in [4.69, 9.17) is 5.10 Å². The van der Waals surface area contributed by atoms with Crippen LogP contribution in [-0.2, 0) is 12.8 Å². The summed E-state index contributed by atoms with van der Waals surface area (Å²) < 4.78 is 2.23. The Kier molecular flexibility index (Phi) is 4.16. The fraction of sp³-hybridized carbons (Fsp3) is 0.524. The Morgan fingerprint density at radius 1 is 1.15 bits per heavy atom. The summed E-state index contributed by atoms with van der Waals surface area (Å²) in [7, 11) is 0. The monoisotopic (exact) mass is 360 g/mol. The van der Waals surface area contributed by atoms with Crippen molar-refractivity contribution in [1.82, 2.24) is 24.7 Å². The highest BCUT2D eigenvalue weighted by molar-refractivity contribution is 5.90. The van der Waals surface area contributed by atoms with E-state index >= 15 is 0 Å². The molecule has 0 spiro atoms. The molecule has 1 N–H and O–H groups in total. The fourth-order valence-electron chi connectivity index (χ4n) is 5.04. The second-order valence-corrected chi connectivity index (χ2v) is 7.86. The number of H-pyrrole nitrogens is 1. The van der Waals surface area contributed by atoms with Gasteiger partial charge in [0.1, 0.15) is 23.4 Å². The lowest BCUT2D eigenvalue weighted by molar-refractivity contribution is 0.305. The summed E-state index contributed by atoms with van der Waals surface area (Å²) in [6.45, 7) is 0. The Hall–Kier alpha value is -2.68. The Labute approximate surface area is 158 Å². The Balaban J connectivity index is 1.67. The maximum atomic E-state index is 9.48. The van der Waals surface area contributed by atoms with Crippen molar-refractivity contribution in [2.75, 3.05) is 0 Å². The van der Waals surface area contributed by atoms with Crippen molar-refractivity contribution < 1.29 is 0 Å². The maximum Gasteiger partial charge on any atom is 0.141 e. The van der Waals surface area contributed by atoms with Gasteiger partial charge in [-0.3, -0.25) is 4.68 Å². The summed E-state index contributed by atoms with van der Waals surface area (Å²) in [6, 6.07) is 4.66. The summed E-state index contributed by atoms with van der Waals surface area (Å²) >= 11 is 0. The van der Waals surface area contributed by atoms with Gasteiger partial charge in [-0.25, -0.2) is 9.97 Å². The molecule has 6 nitrogen and oxygen atoms in total. The predicted molar refractivity (Wildman–Crippen MR) is 103 cm³/mol. The van der Waals surface area contributed by atoms with Crippen LogP contribution in [0.3, 0.4) is 0 Å². The highest BCUT2D eigenvalue weighted by Crippen LogP contribution is 2.40. The molecule has 0 radical (unpaired) electrons. The van der Waals surface area contributed by atoms with Gasteiger partial charge in [0.05, 0.1) is 18.5 Å². The molecule has 0 aliphatic heterocycles. The molecular weight excluding hydrogens is 336 g/mol. The molecule has 0 amide bonds. The largest absolute Gasteiger partial charge is 0.346 e. The molecule has 138 valence electrons. The zero-order valence-electron chi connectivity index (χ0n) is 15.5. The van der Waals surface area contributed by atoms with Gasteiger partial charge in [-0.15, -0.1) is 0 Å². The van der Waals surface area contributed by atoms with Crippen molar-refractivity contribution in [1.29, 1.82) is 5.26 Å². The maximum absolute atomic E-state index is 9.48. The molecule has 6 heteroatoms. The van der Waals surface area contributed by atoms with E-state index in [1.165, 1.54) is 49.8 Å². The van der Waals surface area contributed by atoms with E-state index in [9.17, 15) is 5.26 Å². The molecule has 3 aromatic rings. The minimum atomic E-state index is 0.196. The molecule has 2 aliphatic rings. The predicted octanol–water partition coefficient (Wildman–Crippen LogP) is 4.35. The van der Waals surface area contributed by atoms with E-state index in [1.807, 2.05) is 12.3 Å². The number of nitrogens with zero attached hydrogens (tertiary/aromatic N) is 5. The second kappa shape index (κ2) is 6.80. The van der Waals surface area contributed by atoms with Crippen molar-refractivity contribution >= 4 is 11.0 Å². The summed E-state index contributed by atoms with van der Waals surface area (Å²) in [5.74, 6) is 0.570. The number of hydrogen-bond acceptors (Lipinski definition) is 4. The zero-order chi connectivity index (χ0) is 18.2. The standard InChI is InChI=1S/C21H24N6/c22-11-9-17(14-5-1-2-6-14)27-18-8-4-3-7-15(18)20(26-27)19-16-10-12-23-21(16)25-13-24-19/h10,12-14,17H,1-9H2,(H,23,24,25). The molecule has 1 fully saturated rings. The van der Waals surface area contributed by atoms with Crippen molar-refractivity contribution in [3.8, 4) is 17.5 Å². The lowest BCUT2D eigenvalue weighted by Gasteiger charge is -2.25. The lowest BCUT2D eigenvalue weighted by atomic mass is 9.92. The van der Waals surface area contributed by atoms with Crippen molar-refractivity contribution in [2.24, 2.45) is 5.92 Å². The topological polar surface area (TPSA) is 83.2 Å². The number of aromatic nitrogens is 5. The normalized spacial score (nSPS) is 18.5. The molecule has 3 aromatic heterocycles. The van der Waals surface area contributed by atoms with Gasteiger partial charge >= 0.3 is 0 Å². The second-order valence-electron chi connectivity index (χ2n) is 7.86. The third kappa shape index (κ3) is 2.73. The van der Waals surface area contributed by atoms with Crippen LogP contribution in [0.15, 0.2) is 18.6 Å². The molecule has 0 saturated heterocycles. The van der Waals surface area contributed by atoms with Gasteiger partial charge in [0, 0.05) is 22.8 Å². The molecule has 0 aromatic carbocycles. The molecule has 5 rings (SSSR count). The fourth-order valence-corrected chi connectivity index (χ4v) is 5.04. The Bertz CT molecular complexity index is 1000. The number of fused-ring (bicyclic) bond motifs is 2. The van der Waals surface area contributed by atoms with Crippen molar-refractivity contribution in [2.45, 2.75) is 63.8 Å². The van der Waals surface area contributed by atoms with Crippen molar-refractivity contribution in [3.05, 3.63) is 29.8 Å². The van der Waals surface area contributed by atoms with E-state index in [0.717, 1.165) is 35.3 Å². The van der Waals surface area contributed by atoms with Gasteiger partial charge in [-0.2, -0.15) is 10.4 Å². The van der Waals surface area contributed by atoms with E-state index in [2.05, 4.69) is 25.7 Å². The molecule has 0 bridgehead atoms. The van der Waals surface area contributed by atoms with Crippen LogP contribution in [0.1, 0.15) is 62.2 Å². The van der Waals surface area contributed by atoms with Gasteiger partial charge in [0.2, 0.25) is 0 Å². The van der Waals surface area contributed by atoms with Crippen LogP contribution in [-0.4, -0.2) is 24.7 Å². The van der Waals surface area contributed by atoms with E-state index in [-0.39, 0.29) is 6.04 Å². The molecular formula is C21H24N6. The third-order valence-corrected chi connectivity index (χ3v) is 6.35. The Morgan fingerprint density at radius 2 is 2.00 bits per heavy atom. The van der Waals surface area contributed by atoms with Gasteiger partial charge in [0.25, 0.3) is 0 Å². The highest BCUT2D eigenvalue weighted by Gasteiger charge is 2.32. The minimum Gasteiger partial charge on any atom is -0.346 e. The average Bonchev–Trinajstić information content (AvgIpc) is 3.45. The molecule has 1 atom stereocenters. The quantitative estimate of drug-likeness (QED) is 0.750. The first-order valence-electron chi connectivity index (χ1n) is 10.1. The van der Waals surface area contributed by atoms with E-state index in [1.54, 1.807) is 6.33 Å². The first-order chi connectivity index (χ1) is 13.4. The number of rotatable bonds is 4. The van der Waals surface area contributed by atoms with Gasteiger partial charge in [-0.05, 0) is 50.5 Å². The summed E-state index contributed by atoms with van der Waals surface area (Å²) in [6.07, 6.45) is 13.5.